The minimum Gasteiger partial charge on any atom is -0.503 e. The molecule has 3 heterocycles. The van der Waals surface area contributed by atoms with Crippen molar-refractivity contribution >= 4 is 6.08 Å². The second-order valence-corrected chi connectivity index (χ2v) is 9.08. The summed E-state index contributed by atoms with van der Waals surface area (Å²) in [6.45, 7) is 8.35. The third kappa shape index (κ3) is 5.88. The third-order valence-electron chi connectivity index (χ3n) is 6.79. The van der Waals surface area contributed by atoms with Crippen LogP contribution in [-0.4, -0.2) is 70.2 Å². The zero-order chi connectivity index (χ0) is 22.3. The van der Waals surface area contributed by atoms with Gasteiger partial charge in [-0.2, -0.15) is 0 Å². The van der Waals surface area contributed by atoms with Crippen molar-refractivity contribution in [3.05, 3.63) is 69.6 Å². The van der Waals surface area contributed by atoms with Crippen LogP contribution in [0, 0.1) is 0 Å². The quantitative estimate of drug-likeness (QED) is 0.723. The zero-order valence-corrected chi connectivity index (χ0v) is 19.2. The molecular weight excluding hydrogens is 400 g/mol. The van der Waals surface area contributed by atoms with Gasteiger partial charge in [0.05, 0.1) is 5.69 Å². The molecule has 1 aromatic heterocycles. The summed E-state index contributed by atoms with van der Waals surface area (Å²) in [5.74, 6) is -0.0943. The Kier molecular flexibility index (Phi) is 7.79. The predicted molar refractivity (Wildman–Crippen MR) is 130 cm³/mol. The van der Waals surface area contributed by atoms with Crippen molar-refractivity contribution in [2.75, 3.05) is 45.8 Å². The van der Waals surface area contributed by atoms with Crippen molar-refractivity contribution < 1.29 is 5.11 Å². The van der Waals surface area contributed by atoms with Gasteiger partial charge in [0.25, 0.3) is 0 Å². The van der Waals surface area contributed by atoms with Crippen LogP contribution >= 0.6 is 0 Å². The average Bonchev–Trinajstić information content (AvgIpc) is 2.82. The van der Waals surface area contributed by atoms with Crippen molar-refractivity contribution in [2.45, 2.75) is 32.4 Å². The second kappa shape index (κ2) is 10.9. The van der Waals surface area contributed by atoms with E-state index in [0.717, 1.165) is 63.7 Å². The van der Waals surface area contributed by atoms with Crippen molar-refractivity contribution in [3.63, 3.8) is 0 Å². The van der Waals surface area contributed by atoms with E-state index < -0.39 is 0 Å². The van der Waals surface area contributed by atoms with Gasteiger partial charge in [-0.25, -0.2) is 0 Å². The molecule has 2 saturated heterocycles. The van der Waals surface area contributed by atoms with Crippen LogP contribution in [0.4, 0.5) is 0 Å². The van der Waals surface area contributed by atoms with Crippen molar-refractivity contribution in [1.29, 1.82) is 0 Å². The number of piperazine rings is 1. The Balaban J connectivity index is 1.34. The Morgan fingerprint density at radius 3 is 2.25 bits per heavy atom. The van der Waals surface area contributed by atoms with E-state index in [2.05, 4.69) is 51.1 Å². The van der Waals surface area contributed by atoms with E-state index in [4.69, 9.17) is 0 Å². The molecule has 2 aromatic rings. The molecule has 6 heteroatoms. The number of aromatic nitrogens is 1. The molecule has 0 unspecified atom stereocenters. The summed E-state index contributed by atoms with van der Waals surface area (Å²) >= 11 is 0. The molecular formula is C26H36N4O2. The molecule has 0 bridgehead atoms. The fraction of sp³-hybridized carbons (Fsp3) is 0.500. The third-order valence-corrected chi connectivity index (χ3v) is 6.79. The first-order valence-corrected chi connectivity index (χ1v) is 11.9. The van der Waals surface area contributed by atoms with E-state index in [9.17, 15) is 9.90 Å². The Hall–Kier alpha value is -2.41. The average molecular weight is 437 g/mol. The van der Waals surface area contributed by atoms with E-state index in [-0.39, 0.29) is 11.2 Å². The molecule has 0 amide bonds. The number of nitrogens with zero attached hydrogens (tertiary/aromatic N) is 4. The number of benzene rings is 1. The molecule has 0 radical (unpaired) electrons. The molecule has 6 nitrogen and oxygen atoms in total. The van der Waals surface area contributed by atoms with Gasteiger partial charge in [-0.3, -0.25) is 19.5 Å². The molecule has 32 heavy (non-hydrogen) atoms. The van der Waals surface area contributed by atoms with Crippen LogP contribution in [-0.2, 0) is 20.1 Å². The number of likely N-dealkylation sites (tertiary alicyclic amines) is 1. The highest BCUT2D eigenvalue weighted by Gasteiger charge is 2.21. The highest BCUT2D eigenvalue weighted by molar-refractivity contribution is 5.48. The first-order valence-electron chi connectivity index (χ1n) is 11.9. The predicted octanol–water partition coefficient (Wildman–Crippen LogP) is 2.91. The lowest BCUT2D eigenvalue weighted by molar-refractivity contribution is 0.133. The highest BCUT2D eigenvalue weighted by Crippen LogP contribution is 2.19. The molecule has 0 saturated carbocycles. The largest absolute Gasteiger partial charge is 0.503 e. The van der Waals surface area contributed by atoms with Crippen molar-refractivity contribution in [2.24, 2.45) is 7.05 Å². The smallest absolute Gasteiger partial charge is 0.223 e. The summed E-state index contributed by atoms with van der Waals surface area (Å²) in [6, 6.07) is 12.0. The zero-order valence-electron chi connectivity index (χ0n) is 19.2. The molecule has 0 spiro atoms. The number of hydrogen-bond acceptors (Lipinski definition) is 5. The molecule has 1 N–H and O–H groups in total. The number of rotatable bonds is 7. The topological polar surface area (TPSA) is 52.0 Å². The van der Waals surface area contributed by atoms with E-state index >= 15 is 0 Å². The summed E-state index contributed by atoms with van der Waals surface area (Å²) in [7, 11) is 1.98. The molecule has 2 aliphatic heterocycles. The minimum absolute atomic E-state index is 0.0943. The van der Waals surface area contributed by atoms with Crippen LogP contribution in [0.5, 0.6) is 5.75 Å². The lowest BCUT2D eigenvalue weighted by atomic mass is 10.1. The minimum atomic E-state index is -0.255. The Labute approximate surface area is 191 Å². The number of hydrogen-bond donors (Lipinski definition) is 1. The van der Waals surface area contributed by atoms with Gasteiger partial charge in [0, 0.05) is 64.6 Å². The van der Waals surface area contributed by atoms with Crippen molar-refractivity contribution in [1.82, 2.24) is 19.3 Å². The maximum atomic E-state index is 12.5. The summed E-state index contributed by atoms with van der Waals surface area (Å²) < 4.78 is 2.04. The fourth-order valence-corrected chi connectivity index (χ4v) is 4.71. The number of pyridine rings is 1. The van der Waals surface area contributed by atoms with Crippen LogP contribution in [0.1, 0.15) is 36.2 Å². The Morgan fingerprint density at radius 1 is 0.875 bits per heavy atom. The van der Waals surface area contributed by atoms with Crippen LogP contribution in [0.2, 0.25) is 0 Å². The van der Waals surface area contributed by atoms with Gasteiger partial charge in [0.1, 0.15) is 0 Å². The second-order valence-electron chi connectivity index (χ2n) is 9.08. The molecule has 1 aromatic carbocycles. The first kappa shape index (κ1) is 22.8. The van der Waals surface area contributed by atoms with E-state index in [1.165, 1.54) is 24.8 Å². The van der Waals surface area contributed by atoms with E-state index in [1.54, 1.807) is 6.07 Å². The fourth-order valence-electron chi connectivity index (χ4n) is 4.71. The maximum Gasteiger partial charge on any atom is 0.223 e. The van der Waals surface area contributed by atoms with Crippen LogP contribution in [0.25, 0.3) is 6.08 Å². The van der Waals surface area contributed by atoms with Gasteiger partial charge in [0.15, 0.2) is 5.75 Å². The molecule has 4 rings (SSSR count). The van der Waals surface area contributed by atoms with Crippen LogP contribution < -0.4 is 5.43 Å². The number of aromatic hydroxyl groups is 1. The van der Waals surface area contributed by atoms with Gasteiger partial charge in [-0.1, -0.05) is 48.9 Å². The number of piperidine rings is 1. The van der Waals surface area contributed by atoms with E-state index in [0.29, 0.717) is 6.54 Å². The lowest BCUT2D eigenvalue weighted by Gasteiger charge is -2.35. The SMILES string of the molecule is Cn1c(CN2CCCCC2)cc(=O)c(O)c1CN1CCN(CC=Cc2ccccc2)CC1. The summed E-state index contributed by atoms with van der Waals surface area (Å²) in [5.41, 5.74) is 2.71. The molecule has 0 atom stereocenters. The summed E-state index contributed by atoms with van der Waals surface area (Å²) in [6.07, 6.45) is 8.15. The molecule has 0 aliphatic carbocycles. The van der Waals surface area contributed by atoms with Gasteiger partial charge < -0.3 is 9.67 Å². The van der Waals surface area contributed by atoms with E-state index in [1.807, 2.05) is 17.7 Å². The summed E-state index contributed by atoms with van der Waals surface area (Å²) in [4.78, 5) is 19.7. The van der Waals surface area contributed by atoms with Gasteiger partial charge >= 0.3 is 0 Å². The molecule has 2 aliphatic rings. The molecule has 2 fully saturated rings. The van der Waals surface area contributed by atoms with Gasteiger partial charge in [0.2, 0.25) is 5.43 Å². The Morgan fingerprint density at radius 2 is 1.53 bits per heavy atom. The first-order chi connectivity index (χ1) is 15.6. The summed E-state index contributed by atoms with van der Waals surface area (Å²) in [5, 5.41) is 10.5. The van der Waals surface area contributed by atoms with Gasteiger partial charge in [-0.15, -0.1) is 0 Å². The maximum absolute atomic E-state index is 12.5. The standard InChI is InChI=1S/C26H36N4O2/c1-27-23(20-29-12-6-3-7-13-29)19-25(31)26(32)24(27)21-30-17-15-28(16-18-30)14-8-11-22-9-4-2-5-10-22/h2,4-5,8-11,19,32H,3,6-7,12-18,20-21H2,1H3. The lowest BCUT2D eigenvalue weighted by Crippen LogP contribution is -2.46. The van der Waals surface area contributed by atoms with Crippen molar-refractivity contribution in [3.8, 4) is 5.75 Å². The van der Waals surface area contributed by atoms with Crippen LogP contribution in [0.3, 0.4) is 0 Å². The normalized spacial score (nSPS) is 19.0. The molecule has 172 valence electrons. The van der Waals surface area contributed by atoms with Crippen LogP contribution in [0.15, 0.2) is 47.3 Å². The Bertz CT molecular complexity index is 956. The highest BCUT2D eigenvalue weighted by atomic mass is 16.3. The monoisotopic (exact) mass is 436 g/mol. The van der Waals surface area contributed by atoms with Gasteiger partial charge in [-0.05, 0) is 31.5 Å².